The van der Waals surface area contributed by atoms with E-state index >= 15 is 0 Å². The zero-order valence-corrected chi connectivity index (χ0v) is 19.3. The Balaban J connectivity index is 1.76. The first-order valence-corrected chi connectivity index (χ1v) is 12.6. The number of nitrogens with two attached hydrogens (primary N) is 2. The van der Waals surface area contributed by atoms with Gasteiger partial charge in [-0.2, -0.15) is 13.1 Å². The first-order chi connectivity index (χ1) is 16.1. The van der Waals surface area contributed by atoms with Gasteiger partial charge in [-0.25, -0.2) is 19.5 Å². The minimum atomic E-state index is -4.03. The van der Waals surface area contributed by atoms with Gasteiger partial charge in [0.05, 0.1) is 16.5 Å². The Morgan fingerprint density at radius 3 is 2.76 bits per heavy atom. The number of aliphatic hydroxyl groups is 2. The van der Waals surface area contributed by atoms with Gasteiger partial charge in [0.2, 0.25) is 0 Å². The van der Waals surface area contributed by atoms with Crippen LogP contribution < -0.4 is 15.6 Å². The summed E-state index contributed by atoms with van der Waals surface area (Å²) in [7, 11) is -4.03. The molecule has 4 rings (SSSR count). The summed E-state index contributed by atoms with van der Waals surface area (Å²) in [5.41, 5.74) is 6.87. The second kappa shape index (κ2) is 9.47. The lowest BCUT2D eigenvalue weighted by molar-refractivity contribution is -0.0327. The normalized spacial score (nSPS) is 22.6. The van der Waals surface area contributed by atoms with Crippen molar-refractivity contribution in [1.29, 1.82) is 0 Å². The Bertz CT molecular complexity index is 1400. The van der Waals surface area contributed by atoms with Crippen LogP contribution in [0.4, 0.5) is 10.2 Å². The van der Waals surface area contributed by atoms with Crippen molar-refractivity contribution in [3.8, 4) is 11.8 Å². The third-order valence-electron chi connectivity index (χ3n) is 5.25. The van der Waals surface area contributed by atoms with Gasteiger partial charge < -0.3 is 25.3 Å². The Labute approximate surface area is 198 Å². The Kier molecular flexibility index (Phi) is 6.78. The van der Waals surface area contributed by atoms with E-state index in [-0.39, 0.29) is 23.6 Å². The number of nitrogens with one attached hydrogen (secondary N) is 1. The number of nitrogen functional groups attached to an aromatic ring is 1. The molecule has 7 N–H and O–H groups in total. The summed E-state index contributed by atoms with van der Waals surface area (Å²) in [5, 5.41) is 26.2. The van der Waals surface area contributed by atoms with E-state index in [1.165, 1.54) is 34.9 Å². The highest BCUT2D eigenvalue weighted by Gasteiger charge is 2.44. The van der Waals surface area contributed by atoms with Crippen LogP contribution in [0.3, 0.4) is 0 Å². The van der Waals surface area contributed by atoms with Crippen LogP contribution >= 0.6 is 11.8 Å². The minimum absolute atomic E-state index is 0.104. The van der Waals surface area contributed by atoms with Crippen LogP contribution in [0.15, 0.2) is 35.6 Å². The Hall–Kier alpha value is -2.77. The quantitative estimate of drug-likeness (QED) is 0.228. The van der Waals surface area contributed by atoms with Crippen LogP contribution in [-0.2, 0) is 14.9 Å². The van der Waals surface area contributed by atoms with E-state index < -0.39 is 40.6 Å². The van der Waals surface area contributed by atoms with Crippen LogP contribution in [0.5, 0.6) is 0 Å². The number of fused-ring (bicyclic) bond motifs is 1. The second-order valence-electron chi connectivity index (χ2n) is 7.41. The van der Waals surface area contributed by atoms with E-state index in [0.717, 1.165) is 0 Å². The minimum Gasteiger partial charge on any atom is -0.387 e. The van der Waals surface area contributed by atoms with Crippen molar-refractivity contribution in [2.24, 2.45) is 5.14 Å². The van der Waals surface area contributed by atoms with E-state index in [2.05, 4.69) is 21.8 Å². The third-order valence-corrected chi connectivity index (χ3v) is 6.60. The van der Waals surface area contributed by atoms with Crippen LogP contribution in [-0.4, -0.2) is 64.3 Å². The zero-order valence-electron chi connectivity index (χ0n) is 17.7. The number of hydrogen-bond acceptors (Lipinski definition) is 9. The fourth-order valence-corrected chi connectivity index (χ4v) is 4.61. The van der Waals surface area contributed by atoms with Gasteiger partial charge in [0.15, 0.2) is 6.23 Å². The van der Waals surface area contributed by atoms with Crippen molar-refractivity contribution in [3.05, 3.63) is 47.7 Å². The highest BCUT2D eigenvalue weighted by Crippen LogP contribution is 2.34. The molecule has 1 aliphatic rings. The number of aromatic nitrogens is 3. The average molecular weight is 509 g/mol. The standard InChI is InChI=1S/C20H21FN6O5S2/c1-33-14-4-2-3-12(21)11(14)6-5-10-8-27(19-15(10)18(22)24-9-25-19)20-17(29)16(28)13(32-20)7-26-34(23,30)31/h2-4,8-9,13,16-17,20,26,28-29H,7H2,1H3,(H2,22,24,25)(H2,23,30,31)/t13-,16-,17-,20-/m1/s1. The van der Waals surface area contributed by atoms with Gasteiger partial charge in [0, 0.05) is 17.6 Å². The van der Waals surface area contributed by atoms with Crippen molar-refractivity contribution in [3.63, 3.8) is 0 Å². The van der Waals surface area contributed by atoms with Crippen molar-refractivity contribution >= 4 is 38.8 Å². The maximum absolute atomic E-state index is 14.4. The Morgan fingerprint density at radius 2 is 2.06 bits per heavy atom. The number of rotatable bonds is 5. The van der Waals surface area contributed by atoms with Gasteiger partial charge >= 0.3 is 0 Å². The molecule has 34 heavy (non-hydrogen) atoms. The molecule has 11 nitrogen and oxygen atoms in total. The molecule has 1 saturated heterocycles. The second-order valence-corrected chi connectivity index (χ2v) is 9.64. The molecule has 0 bridgehead atoms. The lowest BCUT2D eigenvalue weighted by Gasteiger charge is -2.17. The Morgan fingerprint density at radius 1 is 1.29 bits per heavy atom. The summed E-state index contributed by atoms with van der Waals surface area (Å²) in [4.78, 5) is 8.84. The summed E-state index contributed by atoms with van der Waals surface area (Å²) in [6.07, 6.45) is -0.577. The van der Waals surface area contributed by atoms with Gasteiger partial charge in [-0.1, -0.05) is 17.9 Å². The number of benzene rings is 1. The maximum atomic E-state index is 14.4. The number of thioether (sulfide) groups is 1. The molecular formula is C20H21FN6O5S2. The van der Waals surface area contributed by atoms with Gasteiger partial charge in [-0.15, -0.1) is 11.8 Å². The van der Waals surface area contributed by atoms with Gasteiger partial charge in [0.1, 0.15) is 41.9 Å². The molecule has 4 atom stereocenters. The van der Waals surface area contributed by atoms with Gasteiger partial charge in [-0.05, 0) is 18.4 Å². The fourth-order valence-electron chi connectivity index (χ4n) is 3.65. The highest BCUT2D eigenvalue weighted by atomic mass is 32.2. The molecule has 3 heterocycles. The number of aliphatic hydroxyl groups excluding tert-OH is 2. The lowest BCUT2D eigenvalue weighted by atomic mass is 10.1. The van der Waals surface area contributed by atoms with Crippen LogP contribution in [0, 0.1) is 17.7 Å². The molecule has 0 saturated carbocycles. The molecule has 1 aliphatic heterocycles. The summed E-state index contributed by atoms with van der Waals surface area (Å²) < 4.78 is 45.9. The average Bonchev–Trinajstić information content (AvgIpc) is 3.29. The molecule has 3 aromatic rings. The molecule has 1 aromatic carbocycles. The summed E-state index contributed by atoms with van der Waals surface area (Å²) >= 11 is 1.35. The molecular weight excluding hydrogens is 487 g/mol. The number of halogens is 1. The van der Waals surface area contributed by atoms with Crippen molar-refractivity contribution in [2.75, 3.05) is 18.5 Å². The van der Waals surface area contributed by atoms with E-state index in [4.69, 9.17) is 15.6 Å². The summed E-state index contributed by atoms with van der Waals surface area (Å²) in [5.74, 6) is 5.35. The highest BCUT2D eigenvalue weighted by molar-refractivity contribution is 7.98. The van der Waals surface area contributed by atoms with E-state index in [0.29, 0.717) is 15.8 Å². The third kappa shape index (κ3) is 4.72. The summed E-state index contributed by atoms with van der Waals surface area (Å²) in [6, 6.07) is 4.65. The lowest BCUT2D eigenvalue weighted by Crippen LogP contribution is -2.42. The monoisotopic (exact) mass is 508 g/mol. The molecule has 0 spiro atoms. The van der Waals surface area contributed by atoms with Crippen LogP contribution in [0.2, 0.25) is 0 Å². The topological polar surface area (TPSA) is 179 Å². The number of anilines is 1. The zero-order chi connectivity index (χ0) is 24.6. The first-order valence-electron chi connectivity index (χ1n) is 9.85. The van der Waals surface area contributed by atoms with Crippen molar-refractivity contribution in [1.82, 2.24) is 19.3 Å². The molecule has 2 aromatic heterocycles. The van der Waals surface area contributed by atoms with Crippen molar-refractivity contribution in [2.45, 2.75) is 29.4 Å². The maximum Gasteiger partial charge on any atom is 0.274 e. The molecule has 1 fully saturated rings. The van der Waals surface area contributed by atoms with E-state index in [1.807, 2.05) is 11.0 Å². The largest absolute Gasteiger partial charge is 0.387 e. The van der Waals surface area contributed by atoms with Gasteiger partial charge in [0.25, 0.3) is 10.2 Å². The first kappa shape index (κ1) is 24.4. The van der Waals surface area contributed by atoms with E-state index in [9.17, 15) is 23.0 Å². The van der Waals surface area contributed by atoms with E-state index in [1.54, 1.807) is 12.1 Å². The van der Waals surface area contributed by atoms with Gasteiger partial charge in [-0.3, -0.25) is 0 Å². The summed E-state index contributed by atoms with van der Waals surface area (Å²) in [6.45, 7) is -0.360. The number of nitrogens with zero attached hydrogens (tertiary/aromatic N) is 3. The predicted molar refractivity (Wildman–Crippen MR) is 123 cm³/mol. The number of ether oxygens (including phenoxy) is 1. The SMILES string of the molecule is CSc1cccc(F)c1C#Cc1cn([C@@H]2O[C@H](CNS(N)(=O)=O)[C@@H](O)[C@H]2O)c2ncnc(N)c12. The molecule has 14 heteroatoms. The number of hydrogen-bond donors (Lipinski definition) is 5. The fraction of sp³-hybridized carbons (Fsp3) is 0.300. The van der Waals surface area contributed by atoms with Crippen LogP contribution in [0.1, 0.15) is 17.4 Å². The smallest absolute Gasteiger partial charge is 0.274 e. The molecule has 180 valence electrons. The predicted octanol–water partition coefficient (Wildman–Crippen LogP) is -0.313. The molecule has 0 aliphatic carbocycles. The van der Waals surface area contributed by atoms with Crippen LogP contribution in [0.25, 0.3) is 11.0 Å². The molecule has 0 radical (unpaired) electrons. The van der Waals surface area contributed by atoms with Crippen molar-refractivity contribution < 1.29 is 27.8 Å². The molecule has 0 amide bonds. The molecule has 0 unspecified atom stereocenters.